The van der Waals surface area contributed by atoms with Gasteiger partial charge in [0.2, 0.25) is 0 Å². The first kappa shape index (κ1) is 16.9. The zero-order valence-corrected chi connectivity index (χ0v) is 13.5. The fourth-order valence-corrected chi connectivity index (χ4v) is 2.06. The first-order chi connectivity index (χ1) is 11.2. The lowest BCUT2D eigenvalue weighted by Crippen LogP contribution is -2.39. The van der Waals surface area contributed by atoms with Gasteiger partial charge >= 0.3 is 0 Å². The van der Waals surface area contributed by atoms with Gasteiger partial charge in [-0.2, -0.15) is 0 Å². The topological polar surface area (TPSA) is 79.0 Å². The Morgan fingerprint density at radius 3 is 2.87 bits per heavy atom. The molecule has 1 atom stereocenters. The standard InChI is InChI=1S/C17H23N3O3/c1-3-18-17(20-12-15(21)16-8-5-9-23-16)19-11-13-6-4-7-14(10-13)22-2/h4-10,15,21H,3,11-12H2,1-2H3,(H2,18,19,20). The van der Waals surface area contributed by atoms with Crippen LogP contribution in [0.1, 0.15) is 24.4 Å². The summed E-state index contributed by atoms with van der Waals surface area (Å²) in [6.45, 7) is 3.56. The van der Waals surface area contributed by atoms with Crippen LogP contribution in [0.5, 0.6) is 5.75 Å². The molecule has 1 heterocycles. The molecule has 0 aliphatic heterocycles. The Balaban J connectivity index is 1.93. The Labute approximate surface area is 136 Å². The number of hydrogen-bond acceptors (Lipinski definition) is 4. The first-order valence-corrected chi connectivity index (χ1v) is 7.59. The van der Waals surface area contributed by atoms with E-state index in [4.69, 9.17) is 9.15 Å². The number of rotatable bonds is 7. The summed E-state index contributed by atoms with van der Waals surface area (Å²) in [5.41, 5.74) is 1.05. The van der Waals surface area contributed by atoms with Gasteiger partial charge in [-0.05, 0) is 36.8 Å². The lowest BCUT2D eigenvalue weighted by molar-refractivity contribution is 0.153. The van der Waals surface area contributed by atoms with Crippen LogP contribution in [0.25, 0.3) is 0 Å². The van der Waals surface area contributed by atoms with Gasteiger partial charge in [-0.1, -0.05) is 12.1 Å². The highest BCUT2D eigenvalue weighted by molar-refractivity contribution is 5.79. The van der Waals surface area contributed by atoms with Crippen LogP contribution in [0.2, 0.25) is 0 Å². The number of guanidine groups is 1. The Hall–Kier alpha value is -2.47. The van der Waals surface area contributed by atoms with E-state index in [2.05, 4.69) is 15.6 Å². The van der Waals surface area contributed by atoms with Crippen LogP contribution >= 0.6 is 0 Å². The summed E-state index contributed by atoms with van der Waals surface area (Å²) < 4.78 is 10.4. The third-order valence-electron chi connectivity index (χ3n) is 3.23. The molecule has 6 heteroatoms. The summed E-state index contributed by atoms with van der Waals surface area (Å²) in [5.74, 6) is 1.98. The number of aliphatic imine (C=N–C) groups is 1. The molecule has 124 valence electrons. The van der Waals surface area contributed by atoms with E-state index in [0.29, 0.717) is 24.8 Å². The first-order valence-electron chi connectivity index (χ1n) is 7.59. The number of aliphatic hydroxyl groups excluding tert-OH is 1. The number of ether oxygens (including phenoxy) is 1. The molecule has 0 spiro atoms. The molecule has 0 aliphatic rings. The highest BCUT2D eigenvalue weighted by Gasteiger charge is 2.10. The summed E-state index contributed by atoms with van der Waals surface area (Å²) >= 11 is 0. The minimum atomic E-state index is -0.717. The fourth-order valence-electron chi connectivity index (χ4n) is 2.06. The van der Waals surface area contributed by atoms with Gasteiger partial charge in [-0.25, -0.2) is 4.99 Å². The third-order valence-corrected chi connectivity index (χ3v) is 3.23. The normalized spacial score (nSPS) is 12.7. The lowest BCUT2D eigenvalue weighted by Gasteiger charge is -2.14. The summed E-state index contributed by atoms with van der Waals surface area (Å²) in [6, 6.07) is 11.3. The molecular formula is C17H23N3O3. The van der Waals surface area contributed by atoms with Gasteiger partial charge in [-0.3, -0.25) is 0 Å². The molecule has 0 radical (unpaired) electrons. The minimum Gasteiger partial charge on any atom is -0.497 e. The van der Waals surface area contributed by atoms with Crippen molar-refractivity contribution < 1.29 is 14.3 Å². The predicted octanol–water partition coefficient (Wildman–Crippen LogP) is 2.08. The lowest BCUT2D eigenvalue weighted by atomic mass is 10.2. The fraction of sp³-hybridized carbons (Fsp3) is 0.353. The molecule has 2 aromatic rings. The van der Waals surface area contributed by atoms with Gasteiger partial charge in [0, 0.05) is 6.54 Å². The van der Waals surface area contributed by atoms with Crippen molar-refractivity contribution >= 4 is 5.96 Å². The number of nitrogens with one attached hydrogen (secondary N) is 2. The number of methoxy groups -OCH3 is 1. The van der Waals surface area contributed by atoms with Crippen LogP contribution in [-0.2, 0) is 6.54 Å². The number of hydrogen-bond donors (Lipinski definition) is 3. The zero-order valence-electron chi connectivity index (χ0n) is 13.5. The molecular weight excluding hydrogens is 294 g/mol. The predicted molar refractivity (Wildman–Crippen MR) is 89.5 cm³/mol. The van der Waals surface area contributed by atoms with Crippen molar-refractivity contribution in [1.82, 2.24) is 10.6 Å². The number of furan rings is 1. The van der Waals surface area contributed by atoms with Gasteiger partial charge in [0.05, 0.1) is 26.5 Å². The Morgan fingerprint density at radius 1 is 1.30 bits per heavy atom. The highest BCUT2D eigenvalue weighted by Crippen LogP contribution is 2.13. The van der Waals surface area contributed by atoms with Gasteiger partial charge in [0.1, 0.15) is 17.6 Å². The van der Waals surface area contributed by atoms with E-state index in [1.54, 1.807) is 25.5 Å². The Morgan fingerprint density at radius 2 is 2.17 bits per heavy atom. The Bertz CT molecular complexity index is 611. The highest BCUT2D eigenvalue weighted by atomic mass is 16.5. The van der Waals surface area contributed by atoms with E-state index in [9.17, 15) is 5.11 Å². The monoisotopic (exact) mass is 317 g/mol. The largest absolute Gasteiger partial charge is 0.497 e. The molecule has 0 bridgehead atoms. The van der Waals surface area contributed by atoms with Crippen LogP contribution in [-0.4, -0.2) is 31.3 Å². The van der Waals surface area contributed by atoms with Crippen LogP contribution < -0.4 is 15.4 Å². The average molecular weight is 317 g/mol. The third kappa shape index (κ3) is 5.34. The van der Waals surface area contributed by atoms with Crippen molar-refractivity contribution in [3.05, 3.63) is 54.0 Å². The van der Waals surface area contributed by atoms with E-state index in [1.165, 1.54) is 0 Å². The second-order valence-corrected chi connectivity index (χ2v) is 4.96. The van der Waals surface area contributed by atoms with Crippen molar-refractivity contribution in [3.8, 4) is 5.75 Å². The SMILES string of the molecule is CCNC(=NCc1cccc(OC)c1)NCC(O)c1ccco1. The van der Waals surface area contributed by atoms with Gasteiger partial charge in [-0.15, -0.1) is 0 Å². The molecule has 6 nitrogen and oxygen atoms in total. The zero-order chi connectivity index (χ0) is 16.5. The second-order valence-electron chi connectivity index (χ2n) is 4.96. The maximum atomic E-state index is 10.0. The van der Waals surface area contributed by atoms with E-state index < -0.39 is 6.10 Å². The molecule has 0 fully saturated rings. The van der Waals surface area contributed by atoms with Gasteiger partial charge < -0.3 is 24.9 Å². The van der Waals surface area contributed by atoms with Crippen molar-refractivity contribution in [1.29, 1.82) is 0 Å². The number of benzene rings is 1. The summed E-state index contributed by atoms with van der Waals surface area (Å²) in [5, 5.41) is 16.3. The summed E-state index contributed by atoms with van der Waals surface area (Å²) in [4.78, 5) is 4.51. The van der Waals surface area contributed by atoms with Crippen LogP contribution in [0.4, 0.5) is 0 Å². The van der Waals surface area contributed by atoms with Gasteiger partial charge in [0.25, 0.3) is 0 Å². The van der Waals surface area contributed by atoms with Crippen molar-refractivity contribution in [2.75, 3.05) is 20.2 Å². The molecule has 0 amide bonds. The quantitative estimate of drug-likeness (QED) is 0.538. The van der Waals surface area contributed by atoms with Gasteiger partial charge in [0.15, 0.2) is 5.96 Å². The Kier molecular flexibility index (Phi) is 6.50. The van der Waals surface area contributed by atoms with Crippen LogP contribution in [0.3, 0.4) is 0 Å². The van der Waals surface area contributed by atoms with E-state index >= 15 is 0 Å². The maximum Gasteiger partial charge on any atom is 0.191 e. The van der Waals surface area contributed by atoms with Crippen LogP contribution in [0.15, 0.2) is 52.1 Å². The van der Waals surface area contributed by atoms with Crippen molar-refractivity contribution in [2.24, 2.45) is 4.99 Å². The minimum absolute atomic E-state index is 0.317. The average Bonchev–Trinajstić information content (AvgIpc) is 3.12. The summed E-state index contributed by atoms with van der Waals surface area (Å²) in [6.07, 6.45) is 0.825. The molecule has 1 unspecified atom stereocenters. The second kappa shape index (κ2) is 8.85. The van der Waals surface area contributed by atoms with Crippen molar-refractivity contribution in [3.63, 3.8) is 0 Å². The van der Waals surface area contributed by atoms with E-state index in [1.807, 2.05) is 31.2 Å². The molecule has 1 aromatic carbocycles. The van der Waals surface area contributed by atoms with Crippen molar-refractivity contribution in [2.45, 2.75) is 19.6 Å². The molecule has 23 heavy (non-hydrogen) atoms. The molecule has 1 aromatic heterocycles. The van der Waals surface area contributed by atoms with E-state index in [-0.39, 0.29) is 0 Å². The van der Waals surface area contributed by atoms with Crippen LogP contribution in [0, 0.1) is 0 Å². The van der Waals surface area contributed by atoms with E-state index in [0.717, 1.165) is 17.9 Å². The number of nitrogens with zero attached hydrogens (tertiary/aromatic N) is 1. The summed E-state index contributed by atoms with van der Waals surface area (Å²) in [7, 11) is 1.64. The molecule has 0 saturated heterocycles. The number of aliphatic hydroxyl groups is 1. The molecule has 3 N–H and O–H groups in total. The molecule has 0 aliphatic carbocycles. The molecule has 0 saturated carbocycles. The maximum absolute atomic E-state index is 10.0. The molecule has 2 rings (SSSR count). The smallest absolute Gasteiger partial charge is 0.191 e.